The molecule has 0 amide bonds. The Morgan fingerprint density at radius 3 is 2.71 bits per heavy atom. The second-order valence-electron chi connectivity index (χ2n) is 3.99. The Morgan fingerprint density at radius 2 is 2.00 bits per heavy atom. The van der Waals surface area contributed by atoms with Gasteiger partial charge in [-0.2, -0.15) is 0 Å². The summed E-state index contributed by atoms with van der Waals surface area (Å²) in [6.45, 7) is 7.75. The van der Waals surface area contributed by atoms with Gasteiger partial charge in [0.05, 0.1) is 11.4 Å². The van der Waals surface area contributed by atoms with E-state index in [1.54, 1.807) is 0 Å². The lowest BCUT2D eigenvalue weighted by Crippen LogP contribution is -2.39. The maximum atomic E-state index is 2.45. The van der Waals surface area contributed by atoms with E-state index in [-0.39, 0.29) is 0 Å². The lowest BCUT2D eigenvalue weighted by molar-refractivity contribution is 0.753. The molecule has 1 heterocycles. The van der Waals surface area contributed by atoms with Crippen LogP contribution in [0.3, 0.4) is 0 Å². The van der Waals surface area contributed by atoms with Gasteiger partial charge in [0.1, 0.15) is 0 Å². The lowest BCUT2D eigenvalue weighted by atomic mass is 10.1. The van der Waals surface area contributed by atoms with Crippen molar-refractivity contribution in [2.75, 3.05) is 36.5 Å². The highest BCUT2D eigenvalue weighted by Gasteiger charge is 2.18. The van der Waals surface area contributed by atoms with E-state index < -0.39 is 0 Å². The fourth-order valence-corrected chi connectivity index (χ4v) is 2.05. The van der Waals surface area contributed by atoms with E-state index in [9.17, 15) is 0 Å². The molecule has 0 saturated heterocycles. The SMILES string of the molecule is CCN1CCN(C)c2ccc(C)cc21. The number of hydrogen-bond acceptors (Lipinski definition) is 2. The number of aryl methyl sites for hydroxylation is 1. The third kappa shape index (κ3) is 1.45. The molecule has 0 atom stereocenters. The lowest BCUT2D eigenvalue weighted by Gasteiger charge is -2.36. The van der Waals surface area contributed by atoms with E-state index in [2.05, 4.69) is 48.9 Å². The molecule has 2 heteroatoms. The summed E-state index contributed by atoms with van der Waals surface area (Å²) < 4.78 is 0. The molecule has 0 bridgehead atoms. The van der Waals surface area contributed by atoms with Gasteiger partial charge in [0.2, 0.25) is 0 Å². The first-order valence-electron chi connectivity index (χ1n) is 5.29. The summed E-state index contributed by atoms with van der Waals surface area (Å²) in [6, 6.07) is 6.70. The van der Waals surface area contributed by atoms with Gasteiger partial charge in [0.15, 0.2) is 0 Å². The predicted octanol–water partition coefficient (Wildman–Crippen LogP) is 2.27. The van der Waals surface area contributed by atoms with Crippen LogP contribution in [0.2, 0.25) is 0 Å². The first-order valence-corrected chi connectivity index (χ1v) is 5.29. The van der Waals surface area contributed by atoms with Gasteiger partial charge < -0.3 is 9.80 Å². The molecule has 14 heavy (non-hydrogen) atoms. The average molecular weight is 190 g/mol. The van der Waals surface area contributed by atoms with Crippen LogP contribution < -0.4 is 9.80 Å². The molecule has 0 saturated carbocycles. The zero-order valence-electron chi connectivity index (χ0n) is 9.25. The average Bonchev–Trinajstić information content (AvgIpc) is 2.18. The summed E-state index contributed by atoms with van der Waals surface area (Å²) in [5, 5.41) is 0. The van der Waals surface area contributed by atoms with Crippen LogP contribution in [-0.4, -0.2) is 26.7 Å². The molecule has 76 valence electrons. The van der Waals surface area contributed by atoms with E-state index in [1.165, 1.54) is 16.9 Å². The number of likely N-dealkylation sites (N-methyl/N-ethyl adjacent to an activating group) is 2. The molecule has 0 N–H and O–H groups in total. The van der Waals surface area contributed by atoms with Crippen molar-refractivity contribution in [1.82, 2.24) is 0 Å². The Morgan fingerprint density at radius 1 is 1.21 bits per heavy atom. The van der Waals surface area contributed by atoms with Gasteiger partial charge in [0, 0.05) is 26.7 Å². The molecule has 0 radical (unpaired) electrons. The van der Waals surface area contributed by atoms with Gasteiger partial charge in [-0.25, -0.2) is 0 Å². The van der Waals surface area contributed by atoms with Crippen molar-refractivity contribution in [3.05, 3.63) is 23.8 Å². The van der Waals surface area contributed by atoms with Crippen molar-refractivity contribution in [2.24, 2.45) is 0 Å². The van der Waals surface area contributed by atoms with Crippen LogP contribution in [-0.2, 0) is 0 Å². The van der Waals surface area contributed by atoms with Crippen molar-refractivity contribution in [2.45, 2.75) is 13.8 Å². The van der Waals surface area contributed by atoms with E-state index in [0.717, 1.165) is 19.6 Å². The highest BCUT2D eigenvalue weighted by Crippen LogP contribution is 2.32. The number of nitrogens with zero attached hydrogens (tertiary/aromatic N) is 2. The van der Waals surface area contributed by atoms with Gasteiger partial charge in [-0.15, -0.1) is 0 Å². The highest BCUT2D eigenvalue weighted by atomic mass is 15.2. The number of rotatable bonds is 1. The summed E-state index contributed by atoms with van der Waals surface area (Å²) >= 11 is 0. The minimum Gasteiger partial charge on any atom is -0.371 e. The van der Waals surface area contributed by atoms with Crippen LogP contribution in [0.5, 0.6) is 0 Å². The number of fused-ring (bicyclic) bond motifs is 1. The Kier molecular flexibility index (Phi) is 2.36. The van der Waals surface area contributed by atoms with Crippen molar-refractivity contribution in [3.8, 4) is 0 Å². The maximum absolute atomic E-state index is 2.45. The monoisotopic (exact) mass is 190 g/mol. The summed E-state index contributed by atoms with van der Waals surface area (Å²) in [5.41, 5.74) is 4.10. The minimum absolute atomic E-state index is 1.10. The molecule has 1 aliphatic rings. The molecule has 1 aromatic rings. The van der Waals surface area contributed by atoms with Crippen molar-refractivity contribution >= 4 is 11.4 Å². The van der Waals surface area contributed by atoms with Crippen molar-refractivity contribution < 1.29 is 0 Å². The molecule has 1 aromatic carbocycles. The zero-order valence-corrected chi connectivity index (χ0v) is 9.25. The molecule has 0 spiro atoms. The first-order chi connectivity index (χ1) is 6.72. The van der Waals surface area contributed by atoms with E-state index in [4.69, 9.17) is 0 Å². The molecule has 0 aliphatic carbocycles. The summed E-state index contributed by atoms with van der Waals surface area (Å²) in [5.74, 6) is 0. The number of hydrogen-bond donors (Lipinski definition) is 0. The fourth-order valence-electron chi connectivity index (χ4n) is 2.05. The molecular weight excluding hydrogens is 172 g/mol. The van der Waals surface area contributed by atoms with Crippen LogP contribution in [0.15, 0.2) is 18.2 Å². The number of benzene rings is 1. The zero-order chi connectivity index (χ0) is 10.1. The molecule has 0 aromatic heterocycles. The topological polar surface area (TPSA) is 6.48 Å². The van der Waals surface area contributed by atoms with Crippen LogP contribution in [0.25, 0.3) is 0 Å². The van der Waals surface area contributed by atoms with Crippen LogP contribution in [0.4, 0.5) is 11.4 Å². The Labute approximate surface area is 86.1 Å². The first kappa shape index (κ1) is 9.38. The largest absolute Gasteiger partial charge is 0.371 e. The van der Waals surface area contributed by atoms with Crippen LogP contribution in [0, 0.1) is 6.92 Å². The summed E-state index contributed by atoms with van der Waals surface area (Å²) in [4.78, 5) is 4.78. The standard InChI is InChI=1S/C12H18N2/c1-4-14-8-7-13(3)11-6-5-10(2)9-12(11)14/h5-6,9H,4,7-8H2,1-3H3. The van der Waals surface area contributed by atoms with E-state index in [0.29, 0.717) is 0 Å². The molecule has 0 fully saturated rings. The summed E-state index contributed by atoms with van der Waals surface area (Å²) in [7, 11) is 2.17. The molecular formula is C12H18N2. The third-order valence-electron chi connectivity index (χ3n) is 2.97. The van der Waals surface area contributed by atoms with Crippen LogP contribution in [0.1, 0.15) is 12.5 Å². The van der Waals surface area contributed by atoms with E-state index in [1.807, 2.05) is 0 Å². The Hall–Kier alpha value is -1.18. The third-order valence-corrected chi connectivity index (χ3v) is 2.97. The van der Waals surface area contributed by atoms with Crippen molar-refractivity contribution in [1.29, 1.82) is 0 Å². The quantitative estimate of drug-likeness (QED) is 0.670. The van der Waals surface area contributed by atoms with Gasteiger partial charge in [-0.1, -0.05) is 6.07 Å². The minimum atomic E-state index is 1.10. The Bertz CT molecular complexity index is 333. The summed E-state index contributed by atoms with van der Waals surface area (Å²) in [6.07, 6.45) is 0. The van der Waals surface area contributed by atoms with Gasteiger partial charge >= 0.3 is 0 Å². The molecule has 2 rings (SSSR count). The Balaban J connectivity index is 2.46. The molecule has 0 unspecified atom stereocenters. The number of anilines is 2. The predicted molar refractivity (Wildman–Crippen MR) is 62.3 cm³/mol. The van der Waals surface area contributed by atoms with E-state index >= 15 is 0 Å². The fraction of sp³-hybridized carbons (Fsp3) is 0.500. The van der Waals surface area contributed by atoms with Gasteiger partial charge in [-0.3, -0.25) is 0 Å². The molecule has 2 nitrogen and oxygen atoms in total. The second-order valence-corrected chi connectivity index (χ2v) is 3.99. The maximum Gasteiger partial charge on any atom is 0.0607 e. The van der Waals surface area contributed by atoms with Gasteiger partial charge in [0.25, 0.3) is 0 Å². The van der Waals surface area contributed by atoms with Crippen molar-refractivity contribution in [3.63, 3.8) is 0 Å². The van der Waals surface area contributed by atoms with Crippen LogP contribution >= 0.6 is 0 Å². The second kappa shape index (κ2) is 3.52. The highest BCUT2D eigenvalue weighted by molar-refractivity contribution is 5.73. The smallest absolute Gasteiger partial charge is 0.0607 e. The molecule has 1 aliphatic heterocycles. The normalized spacial score (nSPS) is 15.6. The van der Waals surface area contributed by atoms with Gasteiger partial charge in [-0.05, 0) is 31.5 Å².